The molecule has 0 heterocycles. The fourth-order valence-corrected chi connectivity index (χ4v) is 2.61. The summed E-state index contributed by atoms with van der Waals surface area (Å²) in [5.74, 6) is 0.274. The topological polar surface area (TPSA) is 84.5 Å². The molecule has 0 saturated heterocycles. The number of hydrogen-bond donors (Lipinski definition) is 2. The first-order valence-electron chi connectivity index (χ1n) is 6.72. The zero-order valence-electron chi connectivity index (χ0n) is 12.8. The Morgan fingerprint density at radius 2 is 2.05 bits per heavy atom. The van der Waals surface area contributed by atoms with Gasteiger partial charge in [-0.25, -0.2) is 8.42 Å². The Kier molecular flexibility index (Phi) is 6.02. The molecule has 1 amide bonds. The van der Waals surface area contributed by atoms with Crippen LogP contribution in [0.1, 0.15) is 20.3 Å². The average Bonchev–Trinajstić information content (AvgIpc) is 2.43. The number of nitrogens with one attached hydrogen (secondary N) is 2. The predicted octanol–water partition coefficient (Wildman–Crippen LogP) is 1.43. The zero-order chi connectivity index (χ0) is 16.0. The molecule has 0 aliphatic rings. The third-order valence-electron chi connectivity index (χ3n) is 2.90. The third kappa shape index (κ3) is 4.93. The highest BCUT2D eigenvalue weighted by molar-refractivity contribution is 7.90. The van der Waals surface area contributed by atoms with Crippen LogP contribution in [-0.4, -0.2) is 40.3 Å². The normalized spacial score (nSPS) is 12.6. The molecule has 0 saturated carbocycles. The summed E-state index contributed by atoms with van der Waals surface area (Å²) in [6, 6.07) is 4.14. The predicted molar refractivity (Wildman–Crippen MR) is 82.5 cm³/mol. The van der Waals surface area contributed by atoms with Gasteiger partial charge in [-0.2, -0.15) is 0 Å². The van der Waals surface area contributed by atoms with Gasteiger partial charge in [-0.3, -0.25) is 4.79 Å². The summed E-state index contributed by atoms with van der Waals surface area (Å²) in [4.78, 5) is 12.0. The van der Waals surface area contributed by atoms with Gasteiger partial charge in [0.1, 0.15) is 11.8 Å². The average molecular weight is 314 g/mol. The summed E-state index contributed by atoms with van der Waals surface area (Å²) < 4.78 is 28.7. The van der Waals surface area contributed by atoms with E-state index >= 15 is 0 Å². The molecule has 1 aromatic carbocycles. The van der Waals surface area contributed by atoms with Crippen LogP contribution < -0.4 is 15.4 Å². The molecule has 0 bridgehead atoms. The zero-order valence-corrected chi connectivity index (χ0v) is 13.6. The van der Waals surface area contributed by atoms with E-state index in [2.05, 4.69) is 10.6 Å². The molecule has 0 aromatic heterocycles. The molecule has 1 rings (SSSR count). The van der Waals surface area contributed by atoms with E-state index in [0.717, 1.165) is 12.7 Å². The molecule has 0 fully saturated rings. The Bertz CT molecular complexity index is 599. The van der Waals surface area contributed by atoms with Crippen LogP contribution in [0.15, 0.2) is 23.1 Å². The van der Waals surface area contributed by atoms with E-state index in [9.17, 15) is 13.2 Å². The highest BCUT2D eigenvalue weighted by Crippen LogP contribution is 2.26. The first-order chi connectivity index (χ1) is 9.79. The number of sulfone groups is 1. The monoisotopic (exact) mass is 314 g/mol. The molecule has 118 valence electrons. The van der Waals surface area contributed by atoms with Crippen LogP contribution in [-0.2, 0) is 14.6 Å². The van der Waals surface area contributed by atoms with Crippen LogP contribution in [0.2, 0.25) is 0 Å². The fraction of sp³-hybridized carbons (Fsp3) is 0.500. The number of ether oxygens (including phenoxy) is 1. The molecule has 0 aliphatic heterocycles. The molecule has 0 aliphatic carbocycles. The summed E-state index contributed by atoms with van der Waals surface area (Å²) in [5, 5.41) is 5.69. The van der Waals surface area contributed by atoms with Crippen molar-refractivity contribution in [2.75, 3.05) is 25.2 Å². The largest absolute Gasteiger partial charge is 0.497 e. The van der Waals surface area contributed by atoms with E-state index in [-0.39, 0.29) is 10.8 Å². The lowest BCUT2D eigenvalue weighted by Gasteiger charge is -2.17. The maximum atomic E-state index is 11.8. The maximum absolute atomic E-state index is 11.8. The number of rotatable bonds is 7. The minimum atomic E-state index is -3.43. The third-order valence-corrected chi connectivity index (χ3v) is 4.04. The van der Waals surface area contributed by atoms with Gasteiger partial charge in [0.2, 0.25) is 5.91 Å². The molecule has 1 unspecified atom stereocenters. The van der Waals surface area contributed by atoms with Gasteiger partial charge in [-0.05, 0) is 25.5 Å². The maximum Gasteiger partial charge on any atom is 0.242 e. The van der Waals surface area contributed by atoms with Crippen molar-refractivity contribution in [3.63, 3.8) is 0 Å². The van der Waals surface area contributed by atoms with Crippen molar-refractivity contribution in [1.29, 1.82) is 0 Å². The van der Waals surface area contributed by atoms with Crippen molar-refractivity contribution in [3.05, 3.63) is 18.2 Å². The number of carbonyl (C=O) groups is 1. The standard InChI is InChI=1S/C14H22N2O4S/c1-5-8-15-14(17)10(2)16-12-7-6-11(20-3)9-13(12)21(4,18)19/h6-7,9-10,16H,5,8H2,1-4H3,(H,15,17). The van der Waals surface area contributed by atoms with Crippen molar-refractivity contribution in [2.45, 2.75) is 31.2 Å². The summed E-state index contributed by atoms with van der Waals surface area (Å²) in [6.45, 7) is 4.23. The second-order valence-corrected chi connectivity index (χ2v) is 6.78. The number of amides is 1. The van der Waals surface area contributed by atoms with Gasteiger partial charge in [-0.1, -0.05) is 6.92 Å². The van der Waals surface area contributed by atoms with Crippen molar-refractivity contribution in [3.8, 4) is 5.75 Å². The van der Waals surface area contributed by atoms with Crippen molar-refractivity contribution < 1.29 is 17.9 Å². The molecule has 1 aromatic rings. The lowest BCUT2D eigenvalue weighted by atomic mass is 10.2. The quantitative estimate of drug-likeness (QED) is 0.795. The van der Waals surface area contributed by atoms with E-state index in [1.165, 1.54) is 13.2 Å². The van der Waals surface area contributed by atoms with Gasteiger partial charge >= 0.3 is 0 Å². The van der Waals surface area contributed by atoms with Crippen LogP contribution in [0.5, 0.6) is 5.75 Å². The summed E-state index contributed by atoms with van der Waals surface area (Å²) >= 11 is 0. The van der Waals surface area contributed by atoms with E-state index in [1.807, 2.05) is 6.92 Å². The minimum absolute atomic E-state index is 0.108. The summed E-state index contributed by atoms with van der Waals surface area (Å²) in [6.07, 6.45) is 1.96. The number of carbonyl (C=O) groups excluding carboxylic acids is 1. The van der Waals surface area contributed by atoms with E-state index in [0.29, 0.717) is 18.0 Å². The lowest BCUT2D eigenvalue weighted by Crippen LogP contribution is -2.38. The van der Waals surface area contributed by atoms with Gasteiger partial charge in [0.05, 0.1) is 17.7 Å². The second-order valence-electron chi connectivity index (χ2n) is 4.79. The number of benzene rings is 1. The lowest BCUT2D eigenvalue weighted by molar-refractivity contribution is -0.121. The molecule has 21 heavy (non-hydrogen) atoms. The fourth-order valence-electron chi connectivity index (χ4n) is 1.76. The first kappa shape index (κ1) is 17.3. The number of anilines is 1. The molecule has 1 atom stereocenters. The molecule has 2 N–H and O–H groups in total. The molecule has 0 radical (unpaired) electrons. The Labute approximate surface area is 125 Å². The molecule has 7 heteroatoms. The second kappa shape index (κ2) is 7.31. The van der Waals surface area contributed by atoms with Gasteiger partial charge in [0.15, 0.2) is 9.84 Å². The highest BCUT2D eigenvalue weighted by Gasteiger charge is 2.18. The van der Waals surface area contributed by atoms with E-state index < -0.39 is 15.9 Å². The van der Waals surface area contributed by atoms with Gasteiger partial charge < -0.3 is 15.4 Å². The van der Waals surface area contributed by atoms with Crippen molar-refractivity contribution in [1.82, 2.24) is 5.32 Å². The Morgan fingerprint density at radius 1 is 1.38 bits per heavy atom. The van der Waals surface area contributed by atoms with Gasteiger partial charge in [-0.15, -0.1) is 0 Å². The van der Waals surface area contributed by atoms with Crippen molar-refractivity contribution in [2.24, 2.45) is 0 Å². The van der Waals surface area contributed by atoms with Crippen LogP contribution in [0.25, 0.3) is 0 Å². The van der Waals surface area contributed by atoms with Crippen LogP contribution in [0, 0.1) is 0 Å². The first-order valence-corrected chi connectivity index (χ1v) is 8.61. The number of methoxy groups -OCH3 is 1. The summed E-state index contributed by atoms with van der Waals surface area (Å²) in [5.41, 5.74) is 0.387. The highest BCUT2D eigenvalue weighted by atomic mass is 32.2. The van der Waals surface area contributed by atoms with E-state index in [1.54, 1.807) is 19.1 Å². The number of hydrogen-bond acceptors (Lipinski definition) is 5. The van der Waals surface area contributed by atoms with Crippen LogP contribution in [0.4, 0.5) is 5.69 Å². The Balaban J connectivity index is 3.00. The molecular weight excluding hydrogens is 292 g/mol. The minimum Gasteiger partial charge on any atom is -0.497 e. The Morgan fingerprint density at radius 3 is 2.57 bits per heavy atom. The molecular formula is C14H22N2O4S. The van der Waals surface area contributed by atoms with Crippen LogP contribution in [0.3, 0.4) is 0 Å². The van der Waals surface area contributed by atoms with Crippen LogP contribution >= 0.6 is 0 Å². The smallest absolute Gasteiger partial charge is 0.242 e. The Hall–Kier alpha value is -1.76. The van der Waals surface area contributed by atoms with Gasteiger partial charge in [0, 0.05) is 18.9 Å². The van der Waals surface area contributed by atoms with E-state index in [4.69, 9.17) is 4.74 Å². The van der Waals surface area contributed by atoms with Crippen molar-refractivity contribution >= 4 is 21.4 Å². The molecule has 0 spiro atoms. The SMILES string of the molecule is CCCNC(=O)C(C)Nc1ccc(OC)cc1S(C)(=O)=O. The summed E-state index contributed by atoms with van der Waals surface area (Å²) in [7, 11) is -1.96. The molecule has 6 nitrogen and oxygen atoms in total. The van der Waals surface area contributed by atoms with Gasteiger partial charge in [0.25, 0.3) is 0 Å².